The van der Waals surface area contributed by atoms with Gasteiger partial charge in [-0.3, -0.25) is 0 Å². The first-order valence-electron chi connectivity index (χ1n) is 4.41. The van der Waals surface area contributed by atoms with Gasteiger partial charge in [0, 0.05) is 5.56 Å². The Kier molecular flexibility index (Phi) is 3.39. The van der Waals surface area contributed by atoms with E-state index in [9.17, 15) is 4.39 Å². The third kappa shape index (κ3) is 2.51. The van der Waals surface area contributed by atoms with E-state index in [-0.39, 0.29) is 11.5 Å². The minimum Gasteiger partial charge on any atom is -0.411 e. The molecule has 0 bridgehead atoms. The summed E-state index contributed by atoms with van der Waals surface area (Å²) >= 11 is 0. The molecule has 1 aromatic carbocycles. The molecule has 82 valence electrons. The number of hydroxylamine groups is 1. The largest absolute Gasteiger partial charge is 0.411 e. The first kappa shape index (κ1) is 11.6. The van der Waals surface area contributed by atoms with Gasteiger partial charge in [0.05, 0.1) is 5.54 Å². The molecule has 0 fully saturated rings. The fourth-order valence-electron chi connectivity index (χ4n) is 1.20. The van der Waals surface area contributed by atoms with Crippen molar-refractivity contribution in [2.75, 3.05) is 0 Å². The molecule has 0 unspecified atom stereocenters. The third-order valence-corrected chi connectivity index (χ3v) is 2.09. The van der Waals surface area contributed by atoms with Gasteiger partial charge in [0.2, 0.25) is 0 Å². The number of benzene rings is 1. The monoisotopic (exact) mass is 212 g/mol. The van der Waals surface area contributed by atoms with Crippen molar-refractivity contribution in [1.82, 2.24) is 5.48 Å². The van der Waals surface area contributed by atoms with Gasteiger partial charge in [0.1, 0.15) is 11.5 Å². The summed E-state index contributed by atoms with van der Waals surface area (Å²) in [4.78, 5) is 0. The molecule has 15 heavy (non-hydrogen) atoms. The summed E-state index contributed by atoms with van der Waals surface area (Å²) in [7, 11) is 0. The normalized spacial score (nSPS) is 12.9. The summed E-state index contributed by atoms with van der Waals surface area (Å²) in [5.41, 5.74) is 1.87. The van der Waals surface area contributed by atoms with Gasteiger partial charge in [-0.1, -0.05) is 17.3 Å². The van der Waals surface area contributed by atoms with Crippen LogP contribution >= 0.6 is 0 Å². The van der Waals surface area contributed by atoms with Crippen molar-refractivity contribution in [3.8, 4) is 0 Å². The topological polar surface area (TPSA) is 64.8 Å². The van der Waals surface area contributed by atoms with E-state index in [1.807, 2.05) is 5.48 Å². The number of nitrogens with one attached hydrogen (secondary N) is 1. The minimum absolute atomic E-state index is 0.227. The van der Waals surface area contributed by atoms with E-state index in [1.165, 1.54) is 24.3 Å². The smallest absolute Gasteiger partial charge is 0.123 e. The van der Waals surface area contributed by atoms with Crippen LogP contribution in [-0.2, 0) is 0 Å². The molecule has 0 aromatic heterocycles. The van der Waals surface area contributed by atoms with Crippen LogP contribution in [-0.4, -0.2) is 21.7 Å². The van der Waals surface area contributed by atoms with Gasteiger partial charge in [0.15, 0.2) is 0 Å². The summed E-state index contributed by atoms with van der Waals surface area (Å²) in [5, 5.41) is 20.9. The van der Waals surface area contributed by atoms with E-state index in [1.54, 1.807) is 13.8 Å². The van der Waals surface area contributed by atoms with E-state index in [0.29, 0.717) is 5.56 Å². The highest BCUT2D eigenvalue weighted by atomic mass is 19.1. The van der Waals surface area contributed by atoms with Crippen molar-refractivity contribution in [3.63, 3.8) is 0 Å². The highest BCUT2D eigenvalue weighted by Gasteiger charge is 2.26. The molecule has 0 aliphatic rings. The standard InChI is InChI=1S/C10H13FN2O2/c1-10(2,13-15)9(12-14)7-3-5-8(11)6-4-7/h3-6,13-15H,1-2H3. The fourth-order valence-corrected chi connectivity index (χ4v) is 1.20. The van der Waals surface area contributed by atoms with Crippen molar-refractivity contribution in [2.45, 2.75) is 19.4 Å². The van der Waals surface area contributed by atoms with Gasteiger partial charge in [-0.15, -0.1) is 0 Å². The van der Waals surface area contributed by atoms with Crippen LogP contribution in [0.4, 0.5) is 4.39 Å². The lowest BCUT2D eigenvalue weighted by molar-refractivity contribution is 0.113. The zero-order valence-electron chi connectivity index (χ0n) is 8.53. The van der Waals surface area contributed by atoms with Gasteiger partial charge >= 0.3 is 0 Å². The van der Waals surface area contributed by atoms with E-state index in [4.69, 9.17) is 10.4 Å². The van der Waals surface area contributed by atoms with E-state index in [0.717, 1.165) is 0 Å². The van der Waals surface area contributed by atoms with Crippen molar-refractivity contribution < 1.29 is 14.8 Å². The lowest BCUT2D eigenvalue weighted by atomic mass is 9.93. The molecule has 1 aromatic rings. The van der Waals surface area contributed by atoms with Crippen LogP contribution < -0.4 is 5.48 Å². The Morgan fingerprint density at radius 3 is 2.27 bits per heavy atom. The van der Waals surface area contributed by atoms with Gasteiger partial charge in [0.25, 0.3) is 0 Å². The molecule has 0 atom stereocenters. The van der Waals surface area contributed by atoms with Crippen molar-refractivity contribution in [3.05, 3.63) is 35.6 Å². The molecule has 0 radical (unpaired) electrons. The molecule has 0 aliphatic heterocycles. The van der Waals surface area contributed by atoms with Crippen molar-refractivity contribution in [1.29, 1.82) is 0 Å². The Morgan fingerprint density at radius 1 is 1.33 bits per heavy atom. The Bertz CT molecular complexity index is 360. The SMILES string of the molecule is CC(C)(NO)C(=NO)c1ccc(F)cc1. The van der Waals surface area contributed by atoms with Crippen LogP contribution in [0, 0.1) is 5.82 Å². The number of nitrogens with zero attached hydrogens (tertiary/aromatic N) is 1. The first-order valence-corrected chi connectivity index (χ1v) is 4.41. The molecule has 4 nitrogen and oxygen atoms in total. The molecule has 0 saturated carbocycles. The molecule has 0 amide bonds. The van der Waals surface area contributed by atoms with Crippen molar-refractivity contribution in [2.24, 2.45) is 5.16 Å². The van der Waals surface area contributed by atoms with Gasteiger partial charge in [-0.2, -0.15) is 5.48 Å². The molecule has 0 aliphatic carbocycles. The van der Waals surface area contributed by atoms with Gasteiger partial charge in [-0.25, -0.2) is 4.39 Å². The second-order valence-electron chi connectivity index (χ2n) is 3.69. The summed E-state index contributed by atoms with van der Waals surface area (Å²) in [5.74, 6) is -0.370. The minimum atomic E-state index is -0.910. The molecular formula is C10H13FN2O2. The first-order chi connectivity index (χ1) is 7.01. The molecular weight excluding hydrogens is 199 g/mol. The highest BCUT2D eigenvalue weighted by Crippen LogP contribution is 2.14. The molecule has 5 heteroatoms. The maximum Gasteiger partial charge on any atom is 0.123 e. The van der Waals surface area contributed by atoms with E-state index in [2.05, 4.69) is 5.16 Å². The molecule has 3 N–H and O–H groups in total. The quantitative estimate of drug-likeness (QED) is 0.406. The van der Waals surface area contributed by atoms with Crippen LogP contribution in [0.3, 0.4) is 0 Å². The van der Waals surface area contributed by atoms with Crippen LogP contribution in [0.1, 0.15) is 19.4 Å². The second-order valence-corrected chi connectivity index (χ2v) is 3.69. The predicted octanol–water partition coefficient (Wildman–Crippen LogP) is 1.76. The van der Waals surface area contributed by atoms with Crippen LogP contribution in [0.5, 0.6) is 0 Å². The number of hydrogen-bond donors (Lipinski definition) is 3. The van der Waals surface area contributed by atoms with Crippen molar-refractivity contribution >= 4 is 5.71 Å². The fraction of sp³-hybridized carbons (Fsp3) is 0.300. The number of rotatable bonds is 3. The highest BCUT2D eigenvalue weighted by molar-refractivity contribution is 6.06. The number of hydrogen-bond acceptors (Lipinski definition) is 4. The van der Waals surface area contributed by atoms with E-state index >= 15 is 0 Å². The van der Waals surface area contributed by atoms with Crippen LogP contribution in [0.15, 0.2) is 29.4 Å². The average molecular weight is 212 g/mol. The predicted molar refractivity (Wildman–Crippen MR) is 53.7 cm³/mol. The molecule has 0 heterocycles. The number of halogens is 1. The average Bonchev–Trinajstić information content (AvgIpc) is 2.22. The maximum absolute atomic E-state index is 12.7. The molecule has 1 rings (SSSR count). The maximum atomic E-state index is 12.7. The Hall–Kier alpha value is -1.46. The summed E-state index contributed by atoms with van der Waals surface area (Å²) in [6.45, 7) is 3.26. The summed E-state index contributed by atoms with van der Waals surface area (Å²) in [6.07, 6.45) is 0. The lowest BCUT2D eigenvalue weighted by Crippen LogP contribution is -2.45. The Balaban J connectivity index is 3.10. The summed E-state index contributed by atoms with van der Waals surface area (Å²) in [6, 6.07) is 5.47. The molecule has 0 saturated heterocycles. The summed E-state index contributed by atoms with van der Waals surface area (Å²) < 4.78 is 12.7. The second kappa shape index (κ2) is 4.37. The Morgan fingerprint density at radius 2 is 1.87 bits per heavy atom. The zero-order chi connectivity index (χ0) is 11.5. The van der Waals surface area contributed by atoms with E-state index < -0.39 is 5.54 Å². The van der Waals surface area contributed by atoms with Gasteiger partial charge < -0.3 is 10.4 Å². The molecule has 0 spiro atoms. The Labute approximate surface area is 87.0 Å². The lowest BCUT2D eigenvalue weighted by Gasteiger charge is -2.23. The van der Waals surface area contributed by atoms with Gasteiger partial charge in [-0.05, 0) is 26.0 Å². The van der Waals surface area contributed by atoms with Crippen LogP contribution in [0.25, 0.3) is 0 Å². The third-order valence-electron chi connectivity index (χ3n) is 2.09. The zero-order valence-corrected chi connectivity index (χ0v) is 8.53. The van der Waals surface area contributed by atoms with Crippen LogP contribution in [0.2, 0.25) is 0 Å². The number of oxime groups is 1.